The van der Waals surface area contributed by atoms with Crippen molar-refractivity contribution in [3.05, 3.63) is 65.7 Å². The van der Waals surface area contributed by atoms with Crippen LogP contribution in [-0.4, -0.2) is 36.0 Å². The first kappa shape index (κ1) is 18.7. The van der Waals surface area contributed by atoms with Crippen LogP contribution in [-0.2, 0) is 11.4 Å². The van der Waals surface area contributed by atoms with Crippen molar-refractivity contribution < 1.29 is 9.53 Å². The van der Waals surface area contributed by atoms with E-state index in [1.807, 2.05) is 37.4 Å². The van der Waals surface area contributed by atoms with Gasteiger partial charge in [-0.15, -0.1) is 0 Å². The third-order valence-electron chi connectivity index (χ3n) is 7.01. The largest absolute Gasteiger partial charge is 0.489 e. The first-order chi connectivity index (χ1) is 14.2. The van der Waals surface area contributed by atoms with E-state index in [9.17, 15) is 4.79 Å². The zero-order valence-corrected chi connectivity index (χ0v) is 17.1. The van der Waals surface area contributed by atoms with E-state index in [0.29, 0.717) is 36.6 Å². The number of hydrogen-bond acceptors (Lipinski definition) is 3. The van der Waals surface area contributed by atoms with Crippen molar-refractivity contribution in [3.8, 4) is 5.75 Å². The van der Waals surface area contributed by atoms with Crippen molar-refractivity contribution in [2.24, 2.45) is 5.92 Å². The Bertz CT molecular complexity index is 839. The lowest BCUT2D eigenvalue weighted by Gasteiger charge is -2.35. The van der Waals surface area contributed by atoms with Crippen molar-refractivity contribution >= 4 is 5.91 Å². The highest BCUT2D eigenvalue weighted by molar-refractivity contribution is 5.83. The Morgan fingerprint density at radius 3 is 2.38 bits per heavy atom. The molecule has 5 rings (SSSR count). The van der Waals surface area contributed by atoms with E-state index in [-0.39, 0.29) is 5.92 Å². The maximum atomic E-state index is 13.0. The SMILES string of the molecule is CN(C(=O)C1CC1c1ccc(OCc2ccccc2)cc1)C1CC2CCC(C1)N2. The lowest BCUT2D eigenvalue weighted by molar-refractivity contribution is -0.134. The lowest BCUT2D eigenvalue weighted by Crippen LogP contribution is -2.49. The molecule has 2 aromatic rings. The first-order valence-corrected chi connectivity index (χ1v) is 11.0. The van der Waals surface area contributed by atoms with Gasteiger partial charge >= 0.3 is 0 Å². The fourth-order valence-corrected chi connectivity index (χ4v) is 5.17. The zero-order valence-electron chi connectivity index (χ0n) is 17.1. The molecule has 2 bridgehead atoms. The summed E-state index contributed by atoms with van der Waals surface area (Å²) in [4.78, 5) is 15.1. The number of carbonyl (C=O) groups is 1. The normalized spacial score (nSPS) is 30.0. The zero-order chi connectivity index (χ0) is 19.8. The number of rotatable bonds is 6. The molecule has 0 spiro atoms. The average molecular weight is 391 g/mol. The number of nitrogens with zero attached hydrogens (tertiary/aromatic N) is 1. The summed E-state index contributed by atoms with van der Waals surface area (Å²) in [6.45, 7) is 0.577. The highest BCUT2D eigenvalue weighted by Crippen LogP contribution is 2.49. The molecule has 1 N–H and O–H groups in total. The molecule has 1 aliphatic carbocycles. The molecule has 2 aromatic carbocycles. The summed E-state index contributed by atoms with van der Waals surface area (Å²) in [5.74, 6) is 1.74. The predicted molar refractivity (Wildman–Crippen MR) is 114 cm³/mol. The number of benzene rings is 2. The molecule has 4 nitrogen and oxygen atoms in total. The number of ether oxygens (including phenoxy) is 1. The van der Waals surface area contributed by atoms with E-state index in [1.54, 1.807) is 0 Å². The van der Waals surface area contributed by atoms with E-state index in [0.717, 1.165) is 25.0 Å². The number of amides is 1. The van der Waals surface area contributed by atoms with Gasteiger partial charge in [0.25, 0.3) is 0 Å². The Morgan fingerprint density at radius 1 is 1.00 bits per heavy atom. The second-order valence-corrected chi connectivity index (χ2v) is 9.00. The lowest BCUT2D eigenvalue weighted by atomic mass is 9.98. The highest BCUT2D eigenvalue weighted by atomic mass is 16.5. The van der Waals surface area contributed by atoms with Gasteiger partial charge in [0, 0.05) is 31.1 Å². The minimum Gasteiger partial charge on any atom is -0.489 e. The van der Waals surface area contributed by atoms with Gasteiger partial charge in [0.05, 0.1) is 0 Å². The van der Waals surface area contributed by atoms with Gasteiger partial charge in [-0.2, -0.15) is 0 Å². The Hall–Kier alpha value is -2.33. The fourth-order valence-electron chi connectivity index (χ4n) is 5.17. The van der Waals surface area contributed by atoms with Crippen molar-refractivity contribution in [1.82, 2.24) is 10.2 Å². The minimum atomic E-state index is 0.156. The molecule has 3 fully saturated rings. The van der Waals surface area contributed by atoms with E-state index >= 15 is 0 Å². The Balaban J connectivity index is 1.15. The number of hydrogen-bond donors (Lipinski definition) is 1. The summed E-state index contributed by atoms with van der Waals surface area (Å²) in [6.07, 6.45) is 5.75. The first-order valence-electron chi connectivity index (χ1n) is 11.0. The number of nitrogens with one attached hydrogen (secondary N) is 1. The van der Waals surface area contributed by atoms with Crippen LogP contribution in [0.1, 0.15) is 49.1 Å². The minimum absolute atomic E-state index is 0.156. The molecule has 3 aliphatic rings. The van der Waals surface area contributed by atoms with Gasteiger partial charge in [-0.05, 0) is 61.3 Å². The van der Waals surface area contributed by atoms with Gasteiger partial charge in [-0.25, -0.2) is 0 Å². The molecule has 4 unspecified atom stereocenters. The van der Waals surface area contributed by atoms with E-state index in [4.69, 9.17) is 4.74 Å². The van der Waals surface area contributed by atoms with E-state index in [1.165, 1.54) is 24.0 Å². The molecule has 4 heteroatoms. The van der Waals surface area contributed by atoms with Crippen LogP contribution < -0.4 is 10.1 Å². The molecule has 152 valence electrons. The summed E-state index contributed by atoms with van der Waals surface area (Å²) in [5.41, 5.74) is 2.42. The second kappa shape index (κ2) is 7.83. The molecule has 1 saturated carbocycles. The fraction of sp³-hybridized carbons (Fsp3) is 0.480. The number of carbonyl (C=O) groups excluding carboxylic acids is 1. The highest BCUT2D eigenvalue weighted by Gasteiger charge is 2.47. The van der Waals surface area contributed by atoms with Gasteiger partial charge in [-0.3, -0.25) is 4.79 Å². The Morgan fingerprint density at radius 2 is 1.69 bits per heavy atom. The topological polar surface area (TPSA) is 41.6 Å². The summed E-state index contributed by atoms with van der Waals surface area (Å²) in [5, 5.41) is 3.67. The molecule has 2 heterocycles. The van der Waals surface area contributed by atoms with Gasteiger partial charge in [0.1, 0.15) is 12.4 Å². The smallest absolute Gasteiger partial charge is 0.226 e. The molecule has 4 atom stereocenters. The van der Waals surface area contributed by atoms with Crippen LogP contribution in [0.2, 0.25) is 0 Å². The van der Waals surface area contributed by atoms with Crippen molar-refractivity contribution in [3.63, 3.8) is 0 Å². The van der Waals surface area contributed by atoms with Gasteiger partial charge < -0.3 is 15.0 Å². The van der Waals surface area contributed by atoms with Gasteiger partial charge in [0.15, 0.2) is 0 Å². The maximum Gasteiger partial charge on any atom is 0.226 e. The Kier molecular flexibility index (Phi) is 5.04. The van der Waals surface area contributed by atoms with Crippen molar-refractivity contribution in [2.75, 3.05) is 7.05 Å². The molecule has 2 saturated heterocycles. The quantitative estimate of drug-likeness (QED) is 0.807. The van der Waals surface area contributed by atoms with Crippen LogP contribution >= 0.6 is 0 Å². The monoisotopic (exact) mass is 390 g/mol. The third kappa shape index (κ3) is 4.04. The van der Waals surface area contributed by atoms with E-state index < -0.39 is 0 Å². The van der Waals surface area contributed by atoms with Crippen molar-refractivity contribution in [1.29, 1.82) is 0 Å². The summed E-state index contributed by atoms with van der Waals surface area (Å²) >= 11 is 0. The average Bonchev–Trinajstić information content (AvgIpc) is 3.50. The molecule has 0 radical (unpaired) electrons. The summed E-state index contributed by atoms with van der Waals surface area (Å²) < 4.78 is 5.88. The third-order valence-corrected chi connectivity index (χ3v) is 7.01. The van der Waals surface area contributed by atoms with Crippen LogP contribution in [0.15, 0.2) is 54.6 Å². The van der Waals surface area contributed by atoms with Crippen molar-refractivity contribution in [2.45, 2.75) is 62.8 Å². The standard InChI is InChI=1S/C25H30N2O2/c1-27(21-13-19-9-10-20(14-21)26-19)25(28)24-15-23(24)18-7-11-22(12-8-18)29-16-17-5-3-2-4-6-17/h2-8,11-12,19-21,23-24,26H,9-10,13-16H2,1H3. The Labute approximate surface area is 173 Å². The van der Waals surface area contributed by atoms with Gasteiger partial charge in [0.2, 0.25) is 5.91 Å². The molecular weight excluding hydrogens is 360 g/mol. The predicted octanol–water partition coefficient (Wildman–Crippen LogP) is 4.11. The van der Waals surface area contributed by atoms with Crippen LogP contribution in [0, 0.1) is 5.92 Å². The van der Waals surface area contributed by atoms with Crippen LogP contribution in [0.5, 0.6) is 5.75 Å². The van der Waals surface area contributed by atoms with Gasteiger partial charge in [-0.1, -0.05) is 42.5 Å². The molecular formula is C25H30N2O2. The number of piperidine rings is 1. The van der Waals surface area contributed by atoms with Crippen LogP contribution in [0.3, 0.4) is 0 Å². The van der Waals surface area contributed by atoms with E-state index in [2.05, 4.69) is 34.5 Å². The molecule has 29 heavy (non-hydrogen) atoms. The molecule has 1 amide bonds. The molecule has 2 aliphatic heterocycles. The summed E-state index contributed by atoms with van der Waals surface area (Å²) in [7, 11) is 2.02. The molecule has 0 aromatic heterocycles. The van der Waals surface area contributed by atoms with Crippen LogP contribution in [0.4, 0.5) is 0 Å². The second-order valence-electron chi connectivity index (χ2n) is 9.00. The summed E-state index contributed by atoms with van der Waals surface area (Å²) in [6, 6.07) is 20.2. The number of fused-ring (bicyclic) bond motifs is 2. The van der Waals surface area contributed by atoms with Crippen LogP contribution in [0.25, 0.3) is 0 Å². The maximum absolute atomic E-state index is 13.0.